The van der Waals surface area contributed by atoms with Gasteiger partial charge in [0.2, 0.25) is 0 Å². The van der Waals surface area contributed by atoms with E-state index in [0.717, 1.165) is 13.0 Å². The Balaban J connectivity index is 2.80. The molecule has 0 aromatic carbocycles. The standard InChI is InChI=1S/C12H20BrNOS/c1-5-14-11(6-12(2,3)15-4)9-7-16-8-10(9)13/h7-8,11,14H,5-6H2,1-4H3. The average Bonchev–Trinajstić information content (AvgIpc) is 2.64. The molecule has 1 heterocycles. The van der Waals surface area contributed by atoms with Gasteiger partial charge in [-0.3, -0.25) is 0 Å². The van der Waals surface area contributed by atoms with Gasteiger partial charge in [0.05, 0.1) is 5.60 Å². The van der Waals surface area contributed by atoms with Crippen LogP contribution in [0.3, 0.4) is 0 Å². The molecule has 0 saturated heterocycles. The Morgan fingerprint density at radius 2 is 2.19 bits per heavy atom. The molecule has 1 aromatic heterocycles. The van der Waals surface area contributed by atoms with E-state index in [1.807, 2.05) is 0 Å². The van der Waals surface area contributed by atoms with Crippen molar-refractivity contribution in [3.8, 4) is 0 Å². The Hall–Kier alpha value is 0.100. The minimum absolute atomic E-state index is 0.103. The molecule has 0 aliphatic carbocycles. The molecule has 0 saturated carbocycles. The minimum Gasteiger partial charge on any atom is -0.379 e. The summed E-state index contributed by atoms with van der Waals surface area (Å²) in [7, 11) is 1.77. The van der Waals surface area contributed by atoms with Crippen molar-refractivity contribution in [2.24, 2.45) is 0 Å². The highest BCUT2D eigenvalue weighted by Gasteiger charge is 2.24. The summed E-state index contributed by atoms with van der Waals surface area (Å²) in [6, 6.07) is 0.348. The first-order valence-electron chi connectivity index (χ1n) is 5.50. The first kappa shape index (κ1) is 14.2. The fraction of sp³-hybridized carbons (Fsp3) is 0.667. The maximum Gasteiger partial charge on any atom is 0.0640 e. The summed E-state index contributed by atoms with van der Waals surface area (Å²) in [6.45, 7) is 7.34. The second-order valence-corrected chi connectivity index (χ2v) is 6.05. The predicted octanol–water partition coefficient (Wildman–Crippen LogP) is 3.98. The van der Waals surface area contributed by atoms with Crippen LogP contribution in [-0.4, -0.2) is 19.3 Å². The van der Waals surface area contributed by atoms with Crippen molar-refractivity contribution >= 4 is 27.3 Å². The van der Waals surface area contributed by atoms with Gasteiger partial charge in [0.15, 0.2) is 0 Å². The molecule has 1 aromatic rings. The summed E-state index contributed by atoms with van der Waals surface area (Å²) in [5, 5.41) is 7.83. The largest absolute Gasteiger partial charge is 0.379 e. The summed E-state index contributed by atoms with van der Waals surface area (Å²) >= 11 is 5.32. The van der Waals surface area contributed by atoms with Crippen LogP contribution in [0.25, 0.3) is 0 Å². The smallest absolute Gasteiger partial charge is 0.0640 e. The highest BCUT2D eigenvalue weighted by Crippen LogP contribution is 2.32. The lowest BCUT2D eigenvalue weighted by atomic mass is 9.95. The van der Waals surface area contributed by atoms with Crippen molar-refractivity contribution in [3.05, 3.63) is 20.8 Å². The highest BCUT2D eigenvalue weighted by molar-refractivity contribution is 9.10. The van der Waals surface area contributed by atoms with Gasteiger partial charge in [-0.2, -0.15) is 11.3 Å². The molecule has 0 bridgehead atoms. The van der Waals surface area contributed by atoms with Crippen LogP contribution in [0, 0.1) is 0 Å². The lowest BCUT2D eigenvalue weighted by Gasteiger charge is -2.29. The molecule has 1 rings (SSSR count). The normalized spacial score (nSPS) is 14.1. The van der Waals surface area contributed by atoms with Crippen molar-refractivity contribution in [2.75, 3.05) is 13.7 Å². The Labute approximate surface area is 111 Å². The second-order valence-electron chi connectivity index (χ2n) is 4.45. The van der Waals surface area contributed by atoms with Crippen LogP contribution in [0.15, 0.2) is 15.2 Å². The Morgan fingerprint density at radius 3 is 2.62 bits per heavy atom. The zero-order chi connectivity index (χ0) is 12.2. The van der Waals surface area contributed by atoms with Gasteiger partial charge < -0.3 is 10.1 Å². The van der Waals surface area contributed by atoms with E-state index >= 15 is 0 Å². The van der Waals surface area contributed by atoms with Gasteiger partial charge in [-0.25, -0.2) is 0 Å². The van der Waals surface area contributed by atoms with E-state index < -0.39 is 0 Å². The molecule has 0 spiro atoms. The first-order valence-corrected chi connectivity index (χ1v) is 7.24. The molecule has 0 amide bonds. The van der Waals surface area contributed by atoms with Crippen molar-refractivity contribution in [1.82, 2.24) is 5.32 Å². The second kappa shape index (κ2) is 6.15. The van der Waals surface area contributed by atoms with Crippen LogP contribution < -0.4 is 5.32 Å². The number of halogens is 1. The van der Waals surface area contributed by atoms with Gasteiger partial charge in [0.25, 0.3) is 0 Å². The monoisotopic (exact) mass is 305 g/mol. The quantitative estimate of drug-likeness (QED) is 0.858. The minimum atomic E-state index is -0.103. The molecule has 0 fully saturated rings. The van der Waals surface area contributed by atoms with Crippen LogP contribution in [0.5, 0.6) is 0 Å². The summed E-state index contributed by atoms with van der Waals surface area (Å²) in [5.74, 6) is 0. The zero-order valence-corrected chi connectivity index (χ0v) is 12.7. The van der Waals surface area contributed by atoms with E-state index in [9.17, 15) is 0 Å². The Kier molecular flexibility index (Phi) is 5.44. The molecular weight excluding hydrogens is 286 g/mol. The molecule has 0 radical (unpaired) electrons. The van der Waals surface area contributed by atoms with Crippen LogP contribution in [0.1, 0.15) is 38.8 Å². The lowest BCUT2D eigenvalue weighted by molar-refractivity contribution is 0.00695. The number of rotatable bonds is 6. The summed E-state index contributed by atoms with van der Waals surface area (Å²) in [6.07, 6.45) is 0.965. The lowest BCUT2D eigenvalue weighted by Crippen LogP contribution is -2.32. The molecule has 1 unspecified atom stereocenters. The summed E-state index contributed by atoms with van der Waals surface area (Å²) < 4.78 is 6.69. The molecule has 0 aliphatic rings. The van der Waals surface area contributed by atoms with Gasteiger partial charge in [-0.1, -0.05) is 6.92 Å². The summed E-state index contributed by atoms with van der Waals surface area (Å²) in [5.41, 5.74) is 1.23. The third-order valence-electron chi connectivity index (χ3n) is 2.72. The number of hydrogen-bond acceptors (Lipinski definition) is 3. The molecule has 2 nitrogen and oxygen atoms in total. The van der Waals surface area contributed by atoms with Crippen LogP contribution in [0.4, 0.5) is 0 Å². The van der Waals surface area contributed by atoms with E-state index in [-0.39, 0.29) is 5.60 Å². The van der Waals surface area contributed by atoms with Crippen LogP contribution >= 0.6 is 27.3 Å². The fourth-order valence-corrected chi connectivity index (χ4v) is 3.28. The molecular formula is C12H20BrNOS. The Morgan fingerprint density at radius 1 is 1.50 bits per heavy atom. The maximum absolute atomic E-state index is 5.50. The third kappa shape index (κ3) is 3.84. The van der Waals surface area contributed by atoms with Gasteiger partial charge in [0.1, 0.15) is 0 Å². The average molecular weight is 306 g/mol. The topological polar surface area (TPSA) is 21.3 Å². The summed E-state index contributed by atoms with van der Waals surface area (Å²) in [4.78, 5) is 0. The Bertz CT molecular complexity index is 325. The van der Waals surface area contributed by atoms with Gasteiger partial charge in [-0.15, -0.1) is 0 Å². The molecule has 0 aliphatic heterocycles. The molecule has 1 N–H and O–H groups in total. The van der Waals surface area contributed by atoms with E-state index in [0.29, 0.717) is 6.04 Å². The molecule has 1 atom stereocenters. The van der Waals surface area contributed by atoms with Crippen molar-refractivity contribution in [2.45, 2.75) is 38.8 Å². The van der Waals surface area contributed by atoms with Crippen molar-refractivity contribution < 1.29 is 4.74 Å². The van der Waals surface area contributed by atoms with Gasteiger partial charge >= 0.3 is 0 Å². The highest BCUT2D eigenvalue weighted by atomic mass is 79.9. The van der Waals surface area contributed by atoms with Gasteiger partial charge in [0, 0.05) is 23.0 Å². The number of hydrogen-bond donors (Lipinski definition) is 1. The van der Waals surface area contributed by atoms with E-state index in [1.165, 1.54) is 10.0 Å². The SMILES string of the molecule is CCNC(CC(C)(C)OC)c1cscc1Br. The van der Waals surface area contributed by atoms with Crippen molar-refractivity contribution in [3.63, 3.8) is 0 Å². The number of nitrogens with one attached hydrogen (secondary N) is 1. The number of thiophene rings is 1. The first-order chi connectivity index (χ1) is 7.50. The van der Waals surface area contributed by atoms with E-state index in [4.69, 9.17) is 4.74 Å². The van der Waals surface area contributed by atoms with E-state index in [2.05, 4.69) is 52.8 Å². The van der Waals surface area contributed by atoms with Gasteiger partial charge in [-0.05, 0) is 53.7 Å². The molecule has 4 heteroatoms. The van der Waals surface area contributed by atoms with Crippen LogP contribution in [-0.2, 0) is 4.74 Å². The predicted molar refractivity (Wildman–Crippen MR) is 74.1 cm³/mol. The third-order valence-corrected chi connectivity index (χ3v) is 4.47. The number of methoxy groups -OCH3 is 1. The molecule has 92 valence electrons. The molecule has 16 heavy (non-hydrogen) atoms. The van der Waals surface area contributed by atoms with Crippen LogP contribution in [0.2, 0.25) is 0 Å². The maximum atomic E-state index is 5.50. The number of ether oxygens (including phenoxy) is 1. The fourth-order valence-electron chi connectivity index (χ4n) is 1.65. The van der Waals surface area contributed by atoms with E-state index in [1.54, 1.807) is 18.4 Å². The zero-order valence-electron chi connectivity index (χ0n) is 10.3. The van der Waals surface area contributed by atoms with Crippen molar-refractivity contribution in [1.29, 1.82) is 0 Å².